The maximum Gasteiger partial charge on any atom is 0.321 e. The van der Waals surface area contributed by atoms with Gasteiger partial charge < -0.3 is 14.6 Å². The van der Waals surface area contributed by atoms with Gasteiger partial charge in [-0.25, -0.2) is 0 Å². The minimum absolute atomic E-state index is 0.447. The van der Waals surface area contributed by atoms with Crippen molar-refractivity contribution in [1.82, 2.24) is 5.32 Å². The fraction of sp³-hybridized carbons (Fsp3) is 0.875. The topological polar surface area (TPSA) is 67.8 Å². The number of ether oxygens (including phenoxy) is 2. The maximum absolute atomic E-state index is 10.7. The molecule has 0 aromatic carbocycles. The molecule has 0 spiro atoms. The van der Waals surface area contributed by atoms with Gasteiger partial charge in [-0.15, -0.1) is 11.8 Å². The van der Waals surface area contributed by atoms with Crippen LogP contribution in [0.1, 0.15) is 6.92 Å². The standard InChI is InChI=1S/C8H15NO4S/c1-8(7(12-2)13-3)9-5(4-14-8)6(10)11/h5,7,9H,4H2,1-3H3,(H,10,11). The zero-order chi connectivity index (χ0) is 10.8. The Balaban J connectivity index is 2.64. The van der Waals surface area contributed by atoms with Crippen molar-refractivity contribution in [2.75, 3.05) is 20.0 Å². The molecule has 0 bridgehead atoms. The summed E-state index contributed by atoms with van der Waals surface area (Å²) in [5, 5.41) is 11.8. The van der Waals surface area contributed by atoms with E-state index in [9.17, 15) is 4.79 Å². The van der Waals surface area contributed by atoms with Gasteiger partial charge in [0.05, 0.1) is 0 Å². The van der Waals surface area contributed by atoms with Crippen LogP contribution >= 0.6 is 11.8 Å². The van der Waals surface area contributed by atoms with Crippen LogP contribution in [0.2, 0.25) is 0 Å². The molecular formula is C8H15NO4S. The molecule has 0 aliphatic carbocycles. The highest BCUT2D eigenvalue weighted by molar-refractivity contribution is 8.01. The van der Waals surface area contributed by atoms with Gasteiger partial charge in [-0.1, -0.05) is 0 Å². The van der Waals surface area contributed by atoms with Crippen LogP contribution < -0.4 is 5.32 Å². The van der Waals surface area contributed by atoms with Crippen LogP contribution in [0.15, 0.2) is 0 Å². The molecular weight excluding hydrogens is 206 g/mol. The summed E-state index contributed by atoms with van der Waals surface area (Å²) in [7, 11) is 3.07. The molecule has 2 unspecified atom stereocenters. The van der Waals surface area contributed by atoms with E-state index < -0.39 is 23.2 Å². The molecule has 5 nitrogen and oxygen atoms in total. The third kappa shape index (κ3) is 2.20. The molecule has 0 saturated carbocycles. The van der Waals surface area contributed by atoms with Gasteiger partial charge in [0.15, 0.2) is 6.29 Å². The van der Waals surface area contributed by atoms with E-state index in [1.54, 1.807) is 0 Å². The van der Waals surface area contributed by atoms with Crippen LogP contribution in [0, 0.1) is 0 Å². The number of methoxy groups -OCH3 is 2. The molecule has 0 radical (unpaired) electrons. The molecule has 0 aromatic rings. The van der Waals surface area contributed by atoms with Gasteiger partial charge in [0, 0.05) is 20.0 Å². The largest absolute Gasteiger partial charge is 0.480 e. The van der Waals surface area contributed by atoms with E-state index in [1.807, 2.05) is 6.92 Å². The Morgan fingerprint density at radius 3 is 2.57 bits per heavy atom. The second-order valence-electron chi connectivity index (χ2n) is 3.26. The maximum atomic E-state index is 10.7. The van der Waals surface area contributed by atoms with Crippen molar-refractivity contribution >= 4 is 17.7 Å². The Bertz CT molecular complexity index is 221. The van der Waals surface area contributed by atoms with Gasteiger partial charge in [-0.05, 0) is 6.92 Å². The lowest BCUT2D eigenvalue weighted by Gasteiger charge is -2.31. The summed E-state index contributed by atoms with van der Waals surface area (Å²) in [4.78, 5) is 10.2. The Morgan fingerprint density at radius 1 is 1.64 bits per heavy atom. The van der Waals surface area contributed by atoms with Gasteiger partial charge in [0.2, 0.25) is 0 Å². The molecule has 6 heteroatoms. The van der Waals surface area contributed by atoms with Crippen LogP contribution in [0.5, 0.6) is 0 Å². The van der Waals surface area contributed by atoms with Crippen LogP contribution in [0.4, 0.5) is 0 Å². The predicted molar refractivity (Wildman–Crippen MR) is 53.2 cm³/mol. The Labute approximate surface area is 87.1 Å². The van der Waals surface area contributed by atoms with Crippen LogP contribution in [0.25, 0.3) is 0 Å². The number of aliphatic carboxylic acids is 1. The molecule has 82 valence electrons. The van der Waals surface area contributed by atoms with Gasteiger partial charge in [-0.3, -0.25) is 10.1 Å². The van der Waals surface area contributed by atoms with Gasteiger partial charge >= 0.3 is 5.97 Å². The highest BCUT2D eigenvalue weighted by atomic mass is 32.2. The number of carboxylic acid groups (broad SMARTS) is 1. The van der Waals surface area contributed by atoms with E-state index in [0.717, 1.165) is 0 Å². The molecule has 1 aliphatic heterocycles. The van der Waals surface area contributed by atoms with Crippen LogP contribution in [-0.4, -0.2) is 48.3 Å². The zero-order valence-electron chi connectivity index (χ0n) is 8.44. The minimum Gasteiger partial charge on any atom is -0.480 e. The highest BCUT2D eigenvalue weighted by Crippen LogP contribution is 2.34. The van der Waals surface area contributed by atoms with Gasteiger partial charge in [0.1, 0.15) is 10.9 Å². The summed E-state index contributed by atoms with van der Waals surface area (Å²) < 4.78 is 10.2. The fourth-order valence-corrected chi connectivity index (χ4v) is 2.79. The Hall–Kier alpha value is -0.300. The van der Waals surface area contributed by atoms with Crippen molar-refractivity contribution in [2.45, 2.75) is 24.1 Å². The van der Waals surface area contributed by atoms with Crippen molar-refractivity contribution < 1.29 is 19.4 Å². The lowest BCUT2D eigenvalue weighted by atomic mass is 10.2. The van der Waals surface area contributed by atoms with Crippen molar-refractivity contribution in [2.24, 2.45) is 0 Å². The lowest BCUT2D eigenvalue weighted by Crippen LogP contribution is -2.51. The number of hydrogen-bond donors (Lipinski definition) is 2. The van der Waals surface area contributed by atoms with E-state index in [0.29, 0.717) is 5.75 Å². The average Bonchev–Trinajstić information content (AvgIpc) is 2.51. The number of thioether (sulfide) groups is 1. The van der Waals surface area contributed by atoms with Crippen LogP contribution in [-0.2, 0) is 14.3 Å². The summed E-state index contributed by atoms with van der Waals surface area (Å²) in [6, 6.07) is -0.530. The van der Waals surface area contributed by atoms with E-state index in [-0.39, 0.29) is 0 Å². The molecule has 2 N–H and O–H groups in total. The third-order valence-electron chi connectivity index (χ3n) is 2.19. The quantitative estimate of drug-likeness (QED) is 0.657. The second kappa shape index (κ2) is 4.48. The van der Waals surface area contributed by atoms with Crippen molar-refractivity contribution in [3.8, 4) is 0 Å². The number of carbonyl (C=O) groups is 1. The molecule has 14 heavy (non-hydrogen) atoms. The van der Waals surface area contributed by atoms with E-state index in [2.05, 4.69) is 5.32 Å². The number of carboxylic acids is 1. The smallest absolute Gasteiger partial charge is 0.321 e. The first-order valence-corrected chi connectivity index (χ1v) is 5.22. The number of nitrogens with one attached hydrogen (secondary N) is 1. The van der Waals surface area contributed by atoms with Crippen LogP contribution in [0.3, 0.4) is 0 Å². The number of rotatable bonds is 4. The minimum atomic E-state index is -0.841. The zero-order valence-corrected chi connectivity index (χ0v) is 9.26. The summed E-state index contributed by atoms with van der Waals surface area (Å²) in [6.45, 7) is 1.87. The van der Waals surface area contributed by atoms with E-state index >= 15 is 0 Å². The summed E-state index contributed by atoms with van der Waals surface area (Å²) in [5.74, 6) is -0.318. The first kappa shape index (κ1) is 11.8. The monoisotopic (exact) mass is 221 g/mol. The SMILES string of the molecule is COC(OC)C1(C)NC(C(=O)O)CS1. The summed E-state index contributed by atoms with van der Waals surface area (Å²) in [5.41, 5.74) is 0. The van der Waals surface area contributed by atoms with Gasteiger partial charge in [-0.2, -0.15) is 0 Å². The molecule has 1 fully saturated rings. The molecule has 1 heterocycles. The predicted octanol–water partition coefficient (Wildman–Crippen LogP) is 0.111. The lowest BCUT2D eigenvalue weighted by molar-refractivity contribution is -0.143. The summed E-state index contributed by atoms with van der Waals surface area (Å²) >= 11 is 1.50. The first-order valence-electron chi connectivity index (χ1n) is 4.23. The molecule has 1 aliphatic rings. The molecule has 1 saturated heterocycles. The van der Waals surface area contributed by atoms with Crippen molar-refractivity contribution in [3.05, 3.63) is 0 Å². The first-order chi connectivity index (χ1) is 6.53. The average molecular weight is 221 g/mol. The second-order valence-corrected chi connectivity index (χ2v) is 4.73. The van der Waals surface area contributed by atoms with Crippen molar-refractivity contribution in [3.63, 3.8) is 0 Å². The molecule has 0 amide bonds. The molecule has 1 rings (SSSR count). The Kier molecular flexibility index (Phi) is 3.77. The molecule has 2 atom stereocenters. The van der Waals surface area contributed by atoms with Gasteiger partial charge in [0.25, 0.3) is 0 Å². The molecule has 0 aromatic heterocycles. The van der Waals surface area contributed by atoms with E-state index in [1.165, 1.54) is 26.0 Å². The summed E-state index contributed by atoms with van der Waals surface area (Å²) in [6.07, 6.45) is -0.447. The fourth-order valence-electron chi connectivity index (χ4n) is 1.50. The Morgan fingerprint density at radius 2 is 2.21 bits per heavy atom. The van der Waals surface area contributed by atoms with Crippen molar-refractivity contribution in [1.29, 1.82) is 0 Å². The number of hydrogen-bond acceptors (Lipinski definition) is 5. The highest BCUT2D eigenvalue weighted by Gasteiger charge is 2.44. The third-order valence-corrected chi connectivity index (χ3v) is 3.60. The van der Waals surface area contributed by atoms with E-state index in [4.69, 9.17) is 14.6 Å². The normalized spacial score (nSPS) is 32.4.